The molecule has 1 fully saturated rings. The standard InChI is InChI=1S/C34H43ClF3N7O9S/c1-33(2,3)29(31(50)45-14-4-5-20(45)16-26(39)46)43-30(49)25(15-19-10-12-40-13-11-19)42-28(48)18-41-27(47)9-8-24(32(51)52)44-55(53,54)21-6-7-23(35)22(17-21)34(36,37)38/h6-7,10-13,17,20,24-25,29,44H,4-5,8-9,14-16,18H2,1-3H3,(H2,39,46)(H,41,47)(H,42,48)(H,43,49)(H,51,52)/t20-,24-,25-,29+/m0/s1. The van der Waals surface area contributed by atoms with Gasteiger partial charge in [0.1, 0.15) is 18.1 Å². The average molecular weight is 818 g/mol. The van der Waals surface area contributed by atoms with Gasteiger partial charge >= 0.3 is 12.1 Å². The quantitative estimate of drug-likeness (QED) is 0.134. The number of carboxylic acid groups (broad SMARTS) is 1. The van der Waals surface area contributed by atoms with Crippen LogP contribution in [0.4, 0.5) is 13.2 Å². The van der Waals surface area contributed by atoms with E-state index in [0.29, 0.717) is 31.0 Å². The number of likely N-dealkylation sites (tertiary alicyclic amines) is 1. The van der Waals surface area contributed by atoms with E-state index in [1.807, 2.05) is 0 Å². The lowest BCUT2D eigenvalue weighted by molar-refractivity contribution is -0.141. The molecule has 55 heavy (non-hydrogen) atoms. The number of rotatable bonds is 17. The van der Waals surface area contributed by atoms with Crippen LogP contribution >= 0.6 is 11.6 Å². The van der Waals surface area contributed by atoms with Crippen LogP contribution in [-0.4, -0.2) is 96.2 Å². The van der Waals surface area contributed by atoms with Gasteiger partial charge in [-0.1, -0.05) is 32.4 Å². The molecule has 1 saturated heterocycles. The normalized spacial score (nSPS) is 16.4. The highest BCUT2D eigenvalue weighted by Crippen LogP contribution is 2.36. The van der Waals surface area contributed by atoms with E-state index >= 15 is 0 Å². The van der Waals surface area contributed by atoms with Crippen molar-refractivity contribution in [2.75, 3.05) is 13.1 Å². The fourth-order valence-electron chi connectivity index (χ4n) is 5.76. The summed E-state index contributed by atoms with van der Waals surface area (Å²) in [5.74, 6) is -5.19. The first-order valence-corrected chi connectivity index (χ1v) is 18.8. The second-order valence-electron chi connectivity index (χ2n) is 14.0. The number of benzene rings is 1. The van der Waals surface area contributed by atoms with Gasteiger partial charge in [-0.05, 0) is 60.6 Å². The highest BCUT2D eigenvalue weighted by atomic mass is 35.5. The Kier molecular flexibility index (Phi) is 15.1. The molecule has 1 aromatic heterocycles. The molecule has 5 amide bonds. The molecule has 0 bridgehead atoms. The van der Waals surface area contributed by atoms with E-state index in [1.165, 1.54) is 17.3 Å². The number of carboxylic acids is 1. The minimum Gasteiger partial charge on any atom is -0.480 e. The third kappa shape index (κ3) is 13.2. The third-order valence-corrected chi connectivity index (χ3v) is 10.4. The molecule has 0 aliphatic carbocycles. The maximum absolute atomic E-state index is 13.8. The van der Waals surface area contributed by atoms with Crippen molar-refractivity contribution in [1.29, 1.82) is 0 Å². The molecule has 4 atom stereocenters. The Morgan fingerprint density at radius 1 is 1.02 bits per heavy atom. The number of carbonyl (C=O) groups excluding carboxylic acids is 5. The topological polar surface area (TPSA) is 247 Å². The first-order valence-electron chi connectivity index (χ1n) is 17.0. The number of hydrogen-bond donors (Lipinski definition) is 6. The van der Waals surface area contributed by atoms with Crippen LogP contribution in [0.15, 0.2) is 47.6 Å². The Hall–Kier alpha value is -4.82. The molecule has 1 aromatic carbocycles. The SMILES string of the molecule is CC(C)(C)[C@H](NC(=O)[C@H](Cc1ccncc1)NC(=O)CNC(=O)CC[C@H](NS(=O)(=O)c1ccc(Cl)c(C(F)(F)F)c1)C(=O)O)C(=O)N1CCC[C@H]1CC(N)=O. The van der Waals surface area contributed by atoms with Crippen molar-refractivity contribution in [2.24, 2.45) is 11.1 Å². The summed E-state index contributed by atoms with van der Waals surface area (Å²) in [6, 6.07) is 0.187. The van der Waals surface area contributed by atoms with Gasteiger partial charge < -0.3 is 31.7 Å². The molecule has 1 aliphatic heterocycles. The Labute approximate surface area is 320 Å². The van der Waals surface area contributed by atoms with Crippen molar-refractivity contribution in [3.63, 3.8) is 0 Å². The van der Waals surface area contributed by atoms with E-state index in [2.05, 4.69) is 20.9 Å². The highest BCUT2D eigenvalue weighted by Gasteiger charge is 2.41. The highest BCUT2D eigenvalue weighted by molar-refractivity contribution is 7.89. The number of nitrogens with zero attached hydrogens (tertiary/aromatic N) is 2. The van der Waals surface area contributed by atoms with E-state index < -0.39 is 116 Å². The summed E-state index contributed by atoms with van der Waals surface area (Å²) in [7, 11) is -4.83. The van der Waals surface area contributed by atoms with Crippen molar-refractivity contribution in [1.82, 2.24) is 30.6 Å². The summed E-state index contributed by atoms with van der Waals surface area (Å²) in [4.78, 5) is 81.1. The van der Waals surface area contributed by atoms with Crippen LogP contribution in [0, 0.1) is 5.41 Å². The molecule has 302 valence electrons. The van der Waals surface area contributed by atoms with Gasteiger partial charge in [0.25, 0.3) is 0 Å². The number of aliphatic carboxylic acids is 1. The number of halogens is 4. The molecule has 0 spiro atoms. The van der Waals surface area contributed by atoms with Crippen molar-refractivity contribution in [2.45, 2.75) is 94.5 Å². The first kappa shape index (κ1) is 44.6. The molecule has 2 aromatic rings. The summed E-state index contributed by atoms with van der Waals surface area (Å²) >= 11 is 5.54. The van der Waals surface area contributed by atoms with E-state index in [1.54, 1.807) is 37.6 Å². The van der Waals surface area contributed by atoms with E-state index in [0.717, 1.165) is 6.07 Å². The predicted octanol–water partition coefficient (Wildman–Crippen LogP) is 1.51. The zero-order valence-corrected chi connectivity index (χ0v) is 31.7. The summed E-state index contributed by atoms with van der Waals surface area (Å²) in [5, 5.41) is 16.3. The molecule has 16 nitrogen and oxygen atoms in total. The van der Waals surface area contributed by atoms with Crippen LogP contribution in [0.3, 0.4) is 0 Å². The Balaban J connectivity index is 1.67. The van der Waals surface area contributed by atoms with Gasteiger partial charge in [-0.25, -0.2) is 8.42 Å². The van der Waals surface area contributed by atoms with E-state index in [-0.39, 0.29) is 18.9 Å². The van der Waals surface area contributed by atoms with Crippen LogP contribution < -0.4 is 26.4 Å². The number of carbonyl (C=O) groups is 6. The summed E-state index contributed by atoms with van der Waals surface area (Å²) < 4.78 is 67.0. The molecule has 3 rings (SSSR count). The molecule has 0 unspecified atom stereocenters. The monoisotopic (exact) mass is 817 g/mol. The number of sulfonamides is 1. The van der Waals surface area contributed by atoms with Gasteiger partial charge in [0.2, 0.25) is 39.6 Å². The summed E-state index contributed by atoms with van der Waals surface area (Å²) in [6.07, 6.45) is -2.23. The fraction of sp³-hybridized carbons (Fsp3) is 0.500. The minimum atomic E-state index is -5.00. The van der Waals surface area contributed by atoms with Gasteiger partial charge in [-0.3, -0.25) is 33.8 Å². The number of primary amides is 1. The Morgan fingerprint density at radius 3 is 2.25 bits per heavy atom. The zero-order valence-electron chi connectivity index (χ0n) is 30.1. The lowest BCUT2D eigenvalue weighted by Gasteiger charge is -2.36. The maximum Gasteiger partial charge on any atom is 0.417 e. The molecule has 2 heterocycles. The number of pyridine rings is 1. The molecule has 7 N–H and O–H groups in total. The van der Waals surface area contributed by atoms with Gasteiger partial charge in [0.05, 0.1) is 22.0 Å². The van der Waals surface area contributed by atoms with Crippen molar-refractivity contribution >= 4 is 57.1 Å². The van der Waals surface area contributed by atoms with E-state index in [4.69, 9.17) is 17.3 Å². The Morgan fingerprint density at radius 2 is 1.67 bits per heavy atom. The summed E-state index contributed by atoms with van der Waals surface area (Å²) in [5.41, 5.74) is 3.71. The number of alkyl halides is 3. The number of nitrogens with one attached hydrogen (secondary N) is 4. The molecular formula is C34H43ClF3N7O9S. The molecule has 1 aliphatic rings. The molecule has 21 heteroatoms. The van der Waals surface area contributed by atoms with E-state index in [9.17, 15) is 55.5 Å². The van der Waals surface area contributed by atoms with Crippen LogP contribution in [0.2, 0.25) is 5.02 Å². The smallest absolute Gasteiger partial charge is 0.417 e. The minimum absolute atomic E-state index is 0.0366. The van der Waals surface area contributed by atoms with Crippen molar-refractivity contribution in [3.05, 3.63) is 58.9 Å². The molecule has 0 saturated carbocycles. The number of nitrogens with two attached hydrogens (primary N) is 1. The third-order valence-electron chi connectivity index (χ3n) is 8.59. The lowest BCUT2D eigenvalue weighted by atomic mass is 9.85. The zero-order chi connectivity index (χ0) is 41.3. The fourth-order valence-corrected chi connectivity index (χ4v) is 7.23. The van der Waals surface area contributed by atoms with Crippen LogP contribution in [0.25, 0.3) is 0 Å². The van der Waals surface area contributed by atoms with Crippen LogP contribution in [-0.2, 0) is 51.4 Å². The maximum atomic E-state index is 13.8. The first-order chi connectivity index (χ1) is 25.5. The second-order valence-corrected chi connectivity index (χ2v) is 16.1. The Bertz CT molecular complexity index is 1860. The van der Waals surface area contributed by atoms with Crippen LogP contribution in [0.5, 0.6) is 0 Å². The average Bonchev–Trinajstić information content (AvgIpc) is 3.54. The van der Waals surface area contributed by atoms with Gasteiger partial charge in [0.15, 0.2) is 0 Å². The van der Waals surface area contributed by atoms with Crippen molar-refractivity contribution < 1.29 is 55.5 Å². The molecular weight excluding hydrogens is 775 g/mol. The number of aromatic nitrogens is 1. The van der Waals surface area contributed by atoms with Gasteiger partial charge in [0, 0.05) is 44.2 Å². The van der Waals surface area contributed by atoms with Gasteiger partial charge in [-0.15, -0.1) is 0 Å². The van der Waals surface area contributed by atoms with Gasteiger partial charge in [-0.2, -0.15) is 17.9 Å². The molecule has 0 radical (unpaired) electrons. The summed E-state index contributed by atoms with van der Waals surface area (Å²) in [6.45, 7) is 4.88. The lowest BCUT2D eigenvalue weighted by Crippen LogP contribution is -2.60. The van der Waals surface area contributed by atoms with Crippen LogP contribution in [0.1, 0.15) is 64.0 Å². The number of hydrogen-bond acceptors (Lipinski definition) is 9. The van der Waals surface area contributed by atoms with Crippen molar-refractivity contribution in [3.8, 4) is 0 Å². The largest absolute Gasteiger partial charge is 0.480 e. The predicted molar refractivity (Wildman–Crippen MR) is 190 cm³/mol. The number of amides is 5. The second kappa shape index (κ2) is 18.7.